The Bertz CT molecular complexity index is 644. The molecule has 0 saturated carbocycles. The highest BCUT2D eigenvalue weighted by molar-refractivity contribution is 5.63. The van der Waals surface area contributed by atoms with Crippen LogP contribution in [0.2, 0.25) is 0 Å². The second-order valence-electron chi connectivity index (χ2n) is 5.46. The first-order valence-corrected chi connectivity index (χ1v) is 7.50. The van der Waals surface area contributed by atoms with Crippen molar-refractivity contribution in [1.29, 1.82) is 0 Å². The smallest absolute Gasteiger partial charge is 0.00812 e. The summed E-state index contributed by atoms with van der Waals surface area (Å²) in [4.78, 5) is 0. The zero-order valence-corrected chi connectivity index (χ0v) is 12.2. The molecule has 1 aliphatic carbocycles. The topological polar surface area (TPSA) is 0 Å². The molecular weight excluding hydrogens is 252 g/mol. The molecule has 0 fully saturated rings. The number of benzene rings is 2. The molecule has 0 heteroatoms. The average molecular weight is 272 g/mol. The van der Waals surface area contributed by atoms with E-state index in [4.69, 9.17) is 0 Å². The third-order valence-corrected chi connectivity index (χ3v) is 4.13. The summed E-state index contributed by atoms with van der Waals surface area (Å²) in [5.41, 5.74) is 3.87. The molecule has 0 aromatic heterocycles. The predicted molar refractivity (Wildman–Crippen MR) is 91.2 cm³/mol. The molecule has 21 heavy (non-hydrogen) atoms. The summed E-state index contributed by atoms with van der Waals surface area (Å²) in [7, 11) is 0. The monoisotopic (exact) mass is 272 g/mol. The SMILES string of the molecule is C=CC(c1ccc(-c2ccccc2)cc1)C1C=CC=CC1. The van der Waals surface area contributed by atoms with E-state index in [1.165, 1.54) is 16.7 Å². The van der Waals surface area contributed by atoms with Crippen molar-refractivity contribution in [3.8, 4) is 11.1 Å². The average Bonchev–Trinajstić information content (AvgIpc) is 2.58. The first kappa shape index (κ1) is 13.6. The minimum atomic E-state index is 0.385. The normalized spacial score (nSPS) is 18.4. The molecule has 0 N–H and O–H groups in total. The number of rotatable bonds is 4. The Kier molecular flexibility index (Phi) is 4.16. The molecule has 0 amide bonds. The van der Waals surface area contributed by atoms with Gasteiger partial charge in [-0.25, -0.2) is 0 Å². The van der Waals surface area contributed by atoms with Crippen molar-refractivity contribution in [2.75, 3.05) is 0 Å². The predicted octanol–water partition coefficient (Wildman–Crippen LogP) is 5.76. The molecule has 2 aromatic carbocycles. The summed E-state index contributed by atoms with van der Waals surface area (Å²) in [6.07, 6.45) is 12.0. The molecule has 1 aliphatic rings. The zero-order chi connectivity index (χ0) is 14.5. The zero-order valence-electron chi connectivity index (χ0n) is 12.2. The molecule has 0 nitrogen and oxygen atoms in total. The highest BCUT2D eigenvalue weighted by Crippen LogP contribution is 2.32. The van der Waals surface area contributed by atoms with Gasteiger partial charge in [0.2, 0.25) is 0 Å². The van der Waals surface area contributed by atoms with Gasteiger partial charge in [0.25, 0.3) is 0 Å². The van der Waals surface area contributed by atoms with Crippen LogP contribution in [0.4, 0.5) is 0 Å². The largest absolute Gasteiger partial charge is 0.102 e. The fourth-order valence-corrected chi connectivity index (χ4v) is 2.95. The molecule has 0 aliphatic heterocycles. The first-order chi connectivity index (χ1) is 10.4. The van der Waals surface area contributed by atoms with Gasteiger partial charge in [-0.1, -0.05) is 85.0 Å². The Balaban J connectivity index is 1.84. The summed E-state index contributed by atoms with van der Waals surface area (Å²) in [5.74, 6) is 0.908. The van der Waals surface area contributed by atoms with Gasteiger partial charge >= 0.3 is 0 Å². The Morgan fingerprint density at radius 1 is 0.905 bits per heavy atom. The second-order valence-corrected chi connectivity index (χ2v) is 5.46. The van der Waals surface area contributed by atoms with Crippen LogP contribution in [0.3, 0.4) is 0 Å². The fourth-order valence-electron chi connectivity index (χ4n) is 2.95. The molecule has 0 bridgehead atoms. The summed E-state index contributed by atoms with van der Waals surface area (Å²) in [5, 5.41) is 0. The van der Waals surface area contributed by atoms with Gasteiger partial charge in [-0.2, -0.15) is 0 Å². The van der Waals surface area contributed by atoms with E-state index < -0.39 is 0 Å². The number of allylic oxidation sites excluding steroid dienone is 5. The maximum absolute atomic E-state index is 4.04. The highest BCUT2D eigenvalue weighted by Gasteiger charge is 2.18. The number of hydrogen-bond acceptors (Lipinski definition) is 0. The van der Waals surface area contributed by atoms with E-state index in [-0.39, 0.29) is 0 Å². The molecule has 2 atom stereocenters. The molecule has 0 saturated heterocycles. The van der Waals surface area contributed by atoms with E-state index in [0.29, 0.717) is 11.8 Å². The van der Waals surface area contributed by atoms with Gasteiger partial charge in [0.05, 0.1) is 0 Å². The number of hydrogen-bond donors (Lipinski definition) is 0. The van der Waals surface area contributed by atoms with Gasteiger partial charge < -0.3 is 0 Å². The van der Waals surface area contributed by atoms with Crippen LogP contribution >= 0.6 is 0 Å². The van der Waals surface area contributed by atoms with Crippen molar-refractivity contribution in [1.82, 2.24) is 0 Å². The summed E-state index contributed by atoms with van der Waals surface area (Å²) < 4.78 is 0. The van der Waals surface area contributed by atoms with Crippen molar-refractivity contribution < 1.29 is 0 Å². The second kappa shape index (κ2) is 6.41. The summed E-state index contributed by atoms with van der Waals surface area (Å²) in [6.45, 7) is 4.04. The van der Waals surface area contributed by atoms with Crippen LogP contribution in [-0.4, -0.2) is 0 Å². The molecule has 0 radical (unpaired) electrons. The molecule has 3 rings (SSSR count). The van der Waals surface area contributed by atoms with Crippen LogP contribution < -0.4 is 0 Å². The third kappa shape index (κ3) is 3.05. The first-order valence-electron chi connectivity index (χ1n) is 7.50. The standard InChI is InChI=1S/C21H20/c1-2-21(19-11-7-4-8-12-19)20-15-13-18(14-16-20)17-9-5-3-6-10-17/h2-11,13-16,19,21H,1,12H2. The van der Waals surface area contributed by atoms with E-state index >= 15 is 0 Å². The lowest BCUT2D eigenvalue weighted by Gasteiger charge is -2.22. The van der Waals surface area contributed by atoms with Gasteiger partial charge in [0.1, 0.15) is 0 Å². The van der Waals surface area contributed by atoms with Gasteiger partial charge in [-0.15, -0.1) is 6.58 Å². The van der Waals surface area contributed by atoms with Crippen LogP contribution in [-0.2, 0) is 0 Å². The lowest BCUT2D eigenvalue weighted by atomic mass is 9.82. The quantitative estimate of drug-likeness (QED) is 0.621. The molecule has 104 valence electrons. The molecule has 0 heterocycles. The molecule has 0 spiro atoms. The van der Waals surface area contributed by atoms with Gasteiger partial charge in [-0.3, -0.25) is 0 Å². The lowest BCUT2D eigenvalue weighted by Crippen LogP contribution is -2.09. The Morgan fingerprint density at radius 3 is 2.24 bits per heavy atom. The molecule has 2 aromatic rings. The van der Waals surface area contributed by atoms with Crippen molar-refractivity contribution in [2.45, 2.75) is 12.3 Å². The van der Waals surface area contributed by atoms with E-state index in [0.717, 1.165) is 6.42 Å². The van der Waals surface area contributed by atoms with E-state index in [9.17, 15) is 0 Å². The minimum Gasteiger partial charge on any atom is -0.102 e. The lowest BCUT2D eigenvalue weighted by molar-refractivity contribution is 0.587. The van der Waals surface area contributed by atoms with Crippen LogP contribution in [0, 0.1) is 5.92 Å². The highest BCUT2D eigenvalue weighted by atomic mass is 14.2. The van der Waals surface area contributed by atoms with Gasteiger partial charge in [-0.05, 0) is 29.0 Å². The van der Waals surface area contributed by atoms with Crippen molar-refractivity contribution in [3.63, 3.8) is 0 Å². The van der Waals surface area contributed by atoms with E-state index in [1.54, 1.807) is 0 Å². The van der Waals surface area contributed by atoms with Crippen molar-refractivity contribution >= 4 is 0 Å². The third-order valence-electron chi connectivity index (χ3n) is 4.13. The van der Waals surface area contributed by atoms with Gasteiger partial charge in [0.15, 0.2) is 0 Å². The summed E-state index contributed by atoms with van der Waals surface area (Å²) in [6, 6.07) is 19.4. The maximum Gasteiger partial charge on any atom is 0.00812 e. The van der Waals surface area contributed by atoms with Crippen molar-refractivity contribution in [3.05, 3.63) is 97.1 Å². The van der Waals surface area contributed by atoms with Gasteiger partial charge in [0, 0.05) is 5.92 Å². The van der Waals surface area contributed by atoms with Crippen LogP contribution in [0.25, 0.3) is 11.1 Å². The Labute approximate surface area is 127 Å². The van der Waals surface area contributed by atoms with E-state index in [2.05, 4.69) is 91.6 Å². The Hall–Kier alpha value is -2.34. The molecular formula is C21H20. The van der Waals surface area contributed by atoms with Crippen LogP contribution in [0.15, 0.2) is 91.6 Å². The Morgan fingerprint density at radius 2 is 1.62 bits per heavy atom. The molecule has 2 unspecified atom stereocenters. The van der Waals surface area contributed by atoms with Crippen LogP contribution in [0.5, 0.6) is 0 Å². The minimum absolute atomic E-state index is 0.385. The van der Waals surface area contributed by atoms with Crippen LogP contribution in [0.1, 0.15) is 17.9 Å². The maximum atomic E-state index is 4.04. The summed E-state index contributed by atoms with van der Waals surface area (Å²) >= 11 is 0. The van der Waals surface area contributed by atoms with Crippen molar-refractivity contribution in [2.24, 2.45) is 5.92 Å². The van der Waals surface area contributed by atoms with E-state index in [1.807, 2.05) is 0 Å². The fraction of sp³-hybridized carbons (Fsp3) is 0.143.